The number of nitrogens with one attached hydrogen (secondary N) is 1. The summed E-state index contributed by atoms with van der Waals surface area (Å²) in [4.78, 5) is 23.4. The number of carbonyl (C=O) groups is 2. The van der Waals surface area contributed by atoms with E-state index >= 15 is 0 Å². The quantitative estimate of drug-likeness (QED) is 0.705. The van der Waals surface area contributed by atoms with Gasteiger partial charge in [-0.15, -0.1) is 0 Å². The van der Waals surface area contributed by atoms with Crippen molar-refractivity contribution in [2.75, 3.05) is 6.61 Å². The molecule has 26 heavy (non-hydrogen) atoms. The van der Waals surface area contributed by atoms with Crippen molar-refractivity contribution in [2.24, 2.45) is 0 Å². The smallest absolute Gasteiger partial charge is 0.330 e. The van der Waals surface area contributed by atoms with Gasteiger partial charge in [0.1, 0.15) is 5.82 Å². The largest absolute Gasteiger partial charge is 0.491 e. The molecule has 0 aliphatic carbocycles. The van der Waals surface area contributed by atoms with E-state index in [-0.39, 0.29) is 30.8 Å². The number of carboxylic acid groups (broad SMARTS) is 1. The zero-order chi connectivity index (χ0) is 19.1. The Morgan fingerprint density at radius 1 is 1.15 bits per heavy atom. The summed E-state index contributed by atoms with van der Waals surface area (Å²) in [5.74, 6) is -2.58. The predicted molar refractivity (Wildman–Crippen MR) is 90.8 cm³/mol. The van der Waals surface area contributed by atoms with Crippen molar-refractivity contribution in [3.63, 3.8) is 0 Å². The van der Waals surface area contributed by atoms with Gasteiger partial charge < -0.3 is 15.2 Å². The van der Waals surface area contributed by atoms with Gasteiger partial charge in [0.15, 0.2) is 17.6 Å². The molecular formula is C19H19F2NO4. The maximum Gasteiger partial charge on any atom is 0.330 e. The number of aliphatic carboxylic acids is 1. The van der Waals surface area contributed by atoms with Crippen LogP contribution in [0.25, 0.3) is 0 Å². The third-order valence-electron chi connectivity index (χ3n) is 3.71. The highest BCUT2D eigenvalue weighted by Crippen LogP contribution is 2.18. The van der Waals surface area contributed by atoms with Crippen molar-refractivity contribution >= 4 is 11.9 Å². The van der Waals surface area contributed by atoms with Crippen LogP contribution in [0, 0.1) is 18.6 Å². The molecule has 0 bridgehead atoms. The number of carboxylic acids is 1. The lowest BCUT2D eigenvalue weighted by Crippen LogP contribution is -2.33. The molecule has 5 nitrogen and oxygen atoms in total. The van der Waals surface area contributed by atoms with Crippen LogP contribution in [0.15, 0.2) is 42.5 Å². The number of amides is 1. The molecule has 2 aromatic carbocycles. The fourth-order valence-corrected chi connectivity index (χ4v) is 2.34. The van der Waals surface area contributed by atoms with E-state index in [1.54, 1.807) is 12.1 Å². The molecule has 0 aromatic heterocycles. The number of hydrogen-bond donors (Lipinski definition) is 2. The Hall–Kier alpha value is -2.96. The topological polar surface area (TPSA) is 75.6 Å². The highest BCUT2D eigenvalue weighted by Gasteiger charge is 2.22. The summed E-state index contributed by atoms with van der Waals surface area (Å²) in [6.45, 7) is 1.63. The minimum absolute atomic E-state index is 0.0123. The first-order valence-corrected chi connectivity index (χ1v) is 8.04. The molecule has 1 amide bonds. The van der Waals surface area contributed by atoms with Crippen LogP contribution in [0.2, 0.25) is 0 Å². The first-order chi connectivity index (χ1) is 12.4. The number of para-hydroxylation sites is 1. The van der Waals surface area contributed by atoms with Gasteiger partial charge in [0.2, 0.25) is 5.91 Å². The molecule has 1 unspecified atom stereocenters. The number of carbonyl (C=O) groups excluding carboxylic acids is 1. The van der Waals surface area contributed by atoms with Crippen LogP contribution in [0.1, 0.15) is 30.0 Å². The normalized spacial score (nSPS) is 11.7. The fourth-order valence-electron chi connectivity index (χ4n) is 2.34. The molecule has 1 atom stereocenters. The Bertz CT molecular complexity index is 795. The summed E-state index contributed by atoms with van der Waals surface area (Å²) < 4.78 is 32.0. The Labute approximate surface area is 149 Å². The SMILES string of the molecule is Cc1cc(C(NC(=O)CCCOc2ccccc2F)C(=O)O)ccc1F. The lowest BCUT2D eigenvalue weighted by molar-refractivity contribution is -0.142. The van der Waals surface area contributed by atoms with Crippen molar-refractivity contribution in [1.29, 1.82) is 0 Å². The highest BCUT2D eigenvalue weighted by atomic mass is 19.1. The first-order valence-electron chi connectivity index (χ1n) is 8.04. The van der Waals surface area contributed by atoms with Gasteiger partial charge in [-0.2, -0.15) is 0 Å². The standard InChI is InChI=1S/C19H19F2NO4/c1-12-11-13(8-9-14(12)20)18(19(24)25)22-17(23)7-4-10-26-16-6-3-2-5-15(16)21/h2-3,5-6,8-9,11,18H,4,7,10H2,1H3,(H,22,23)(H,24,25). The molecule has 7 heteroatoms. The Kier molecular flexibility index (Phi) is 6.66. The molecule has 138 valence electrons. The van der Waals surface area contributed by atoms with Gasteiger partial charge in [0, 0.05) is 6.42 Å². The van der Waals surface area contributed by atoms with Crippen LogP contribution in [0.4, 0.5) is 8.78 Å². The second-order valence-electron chi connectivity index (χ2n) is 5.73. The van der Waals surface area contributed by atoms with Gasteiger partial charge >= 0.3 is 5.97 Å². The van der Waals surface area contributed by atoms with Crippen LogP contribution >= 0.6 is 0 Å². The summed E-state index contributed by atoms with van der Waals surface area (Å²) in [5.41, 5.74) is 0.577. The monoisotopic (exact) mass is 363 g/mol. The second kappa shape index (κ2) is 8.94. The Balaban J connectivity index is 1.87. The number of halogens is 2. The molecule has 0 saturated carbocycles. The molecule has 0 aliphatic rings. The average Bonchev–Trinajstić information content (AvgIpc) is 2.60. The molecule has 0 heterocycles. The summed E-state index contributed by atoms with van der Waals surface area (Å²) >= 11 is 0. The van der Waals surface area contributed by atoms with E-state index in [4.69, 9.17) is 4.74 Å². The molecule has 0 fully saturated rings. The fraction of sp³-hybridized carbons (Fsp3) is 0.263. The molecule has 0 spiro atoms. The minimum Gasteiger partial charge on any atom is -0.491 e. The average molecular weight is 363 g/mol. The van der Waals surface area contributed by atoms with Gasteiger partial charge in [0.25, 0.3) is 0 Å². The van der Waals surface area contributed by atoms with Crippen LogP contribution in [0.5, 0.6) is 5.75 Å². The van der Waals surface area contributed by atoms with Crippen LogP contribution in [-0.2, 0) is 9.59 Å². The third-order valence-corrected chi connectivity index (χ3v) is 3.71. The van der Waals surface area contributed by atoms with E-state index in [9.17, 15) is 23.5 Å². The van der Waals surface area contributed by atoms with Crippen molar-refractivity contribution in [2.45, 2.75) is 25.8 Å². The zero-order valence-electron chi connectivity index (χ0n) is 14.2. The van der Waals surface area contributed by atoms with Gasteiger partial charge in [0.05, 0.1) is 6.61 Å². The molecule has 2 N–H and O–H groups in total. The number of hydrogen-bond acceptors (Lipinski definition) is 3. The van der Waals surface area contributed by atoms with Gasteiger partial charge in [-0.05, 0) is 42.7 Å². The van der Waals surface area contributed by atoms with E-state index in [0.29, 0.717) is 5.56 Å². The van der Waals surface area contributed by atoms with Gasteiger partial charge in [-0.1, -0.05) is 24.3 Å². The van der Waals surface area contributed by atoms with Crippen molar-refractivity contribution in [3.05, 3.63) is 65.2 Å². The minimum atomic E-state index is -1.27. The zero-order valence-corrected chi connectivity index (χ0v) is 14.2. The molecule has 2 rings (SSSR count). The van der Waals surface area contributed by atoms with Crippen molar-refractivity contribution in [1.82, 2.24) is 5.32 Å². The van der Waals surface area contributed by atoms with Gasteiger partial charge in [-0.25, -0.2) is 13.6 Å². The van der Waals surface area contributed by atoms with Crippen molar-refractivity contribution in [3.8, 4) is 5.75 Å². The molecular weight excluding hydrogens is 344 g/mol. The van der Waals surface area contributed by atoms with Crippen LogP contribution in [0.3, 0.4) is 0 Å². The first kappa shape index (κ1) is 19.4. The number of ether oxygens (including phenoxy) is 1. The van der Waals surface area contributed by atoms with Crippen LogP contribution < -0.4 is 10.1 Å². The predicted octanol–water partition coefficient (Wildman–Crippen LogP) is 3.37. The third kappa shape index (κ3) is 5.27. The van der Waals surface area contributed by atoms with E-state index in [2.05, 4.69) is 5.32 Å². The molecule has 2 aromatic rings. The van der Waals surface area contributed by atoms with E-state index < -0.39 is 29.6 Å². The Morgan fingerprint density at radius 3 is 2.54 bits per heavy atom. The molecule has 0 aliphatic heterocycles. The second-order valence-corrected chi connectivity index (χ2v) is 5.73. The van der Waals surface area contributed by atoms with Crippen LogP contribution in [-0.4, -0.2) is 23.6 Å². The van der Waals surface area contributed by atoms with Gasteiger partial charge in [-0.3, -0.25) is 4.79 Å². The summed E-state index contributed by atoms with van der Waals surface area (Å²) in [6, 6.07) is 8.52. The molecule has 0 saturated heterocycles. The van der Waals surface area contributed by atoms with E-state index in [1.807, 2.05) is 0 Å². The maximum atomic E-state index is 13.4. The highest BCUT2D eigenvalue weighted by molar-refractivity contribution is 5.84. The van der Waals surface area contributed by atoms with Crippen molar-refractivity contribution < 1.29 is 28.2 Å². The summed E-state index contributed by atoms with van der Waals surface area (Å²) in [7, 11) is 0. The summed E-state index contributed by atoms with van der Waals surface area (Å²) in [6.07, 6.45) is 0.299. The number of rotatable bonds is 8. The number of benzene rings is 2. The Morgan fingerprint density at radius 2 is 1.88 bits per heavy atom. The van der Waals surface area contributed by atoms with E-state index in [1.165, 1.54) is 31.2 Å². The van der Waals surface area contributed by atoms with E-state index in [0.717, 1.165) is 6.07 Å². The number of aryl methyl sites for hydroxylation is 1. The summed E-state index contributed by atoms with van der Waals surface area (Å²) in [5, 5.41) is 11.7. The lowest BCUT2D eigenvalue weighted by Gasteiger charge is -2.16. The molecule has 0 radical (unpaired) electrons. The lowest BCUT2D eigenvalue weighted by atomic mass is 10.0. The maximum absolute atomic E-state index is 13.4.